The number of rotatable bonds is 10. The molecule has 0 aromatic heterocycles. The van der Waals surface area contributed by atoms with Gasteiger partial charge in [-0.3, -0.25) is 0 Å². The van der Waals surface area contributed by atoms with Gasteiger partial charge in [0.25, 0.3) is 0 Å². The second kappa shape index (κ2) is 8.77. The fraction of sp³-hybridized carbons (Fsp3) is 0.857. The first-order valence-corrected chi connectivity index (χ1v) is 6.45. The van der Waals surface area contributed by atoms with Crippen LogP contribution >= 0.6 is 0 Å². The largest absolute Gasteiger partial charge is 0.383 e. The van der Waals surface area contributed by atoms with Crippen molar-refractivity contribution in [3.63, 3.8) is 0 Å². The Balaban J connectivity index is 4.03. The molecule has 0 saturated heterocycles. The van der Waals surface area contributed by atoms with Crippen LogP contribution in [0.4, 0.5) is 0 Å². The van der Waals surface area contributed by atoms with E-state index in [0.717, 1.165) is 25.6 Å². The zero-order chi connectivity index (χ0) is 12.4. The Morgan fingerprint density at radius 3 is 2.44 bits per heavy atom. The highest BCUT2D eigenvalue weighted by atomic mass is 16.5. The zero-order valence-corrected chi connectivity index (χ0v) is 11.5. The van der Waals surface area contributed by atoms with Crippen molar-refractivity contribution in [2.45, 2.75) is 40.0 Å². The quantitative estimate of drug-likeness (QED) is 0.457. The van der Waals surface area contributed by atoms with Crippen LogP contribution < -0.4 is 5.32 Å². The maximum Gasteiger partial charge on any atom is 0.0587 e. The third-order valence-electron chi connectivity index (χ3n) is 3.41. The molecule has 0 aromatic rings. The third-order valence-corrected chi connectivity index (χ3v) is 3.41. The average molecular weight is 227 g/mol. The zero-order valence-electron chi connectivity index (χ0n) is 11.5. The van der Waals surface area contributed by atoms with Crippen LogP contribution in [0.1, 0.15) is 40.0 Å². The molecular weight excluding hydrogens is 198 g/mol. The van der Waals surface area contributed by atoms with Gasteiger partial charge in [-0.25, -0.2) is 0 Å². The SMILES string of the molecule is C=CC(C)(CNCCOC)CC(CC)CC. The van der Waals surface area contributed by atoms with Gasteiger partial charge in [-0.2, -0.15) is 0 Å². The van der Waals surface area contributed by atoms with Gasteiger partial charge in [0, 0.05) is 20.2 Å². The van der Waals surface area contributed by atoms with Crippen molar-refractivity contribution in [3.8, 4) is 0 Å². The van der Waals surface area contributed by atoms with Gasteiger partial charge in [-0.15, -0.1) is 6.58 Å². The maximum absolute atomic E-state index is 5.03. The van der Waals surface area contributed by atoms with Crippen LogP contribution in [0.25, 0.3) is 0 Å². The molecule has 0 heterocycles. The van der Waals surface area contributed by atoms with Crippen molar-refractivity contribution in [2.75, 3.05) is 26.8 Å². The molecule has 0 aliphatic rings. The fourth-order valence-corrected chi connectivity index (χ4v) is 2.01. The van der Waals surface area contributed by atoms with Crippen LogP contribution in [0.3, 0.4) is 0 Å². The molecule has 1 N–H and O–H groups in total. The predicted molar refractivity (Wildman–Crippen MR) is 71.7 cm³/mol. The number of hydrogen-bond acceptors (Lipinski definition) is 2. The molecule has 1 unspecified atom stereocenters. The summed E-state index contributed by atoms with van der Waals surface area (Å²) < 4.78 is 5.03. The summed E-state index contributed by atoms with van der Waals surface area (Å²) in [6.07, 6.45) is 5.85. The summed E-state index contributed by atoms with van der Waals surface area (Å²) in [4.78, 5) is 0. The molecule has 0 saturated carbocycles. The standard InChI is InChI=1S/C14H29NO/c1-6-13(7-2)11-14(4,8-3)12-15-9-10-16-5/h8,13,15H,3,6-7,9-12H2,1-2,4-5H3. The molecule has 2 heteroatoms. The first kappa shape index (κ1) is 15.7. The van der Waals surface area contributed by atoms with E-state index in [2.05, 4.69) is 38.7 Å². The molecule has 2 nitrogen and oxygen atoms in total. The normalized spacial score (nSPS) is 15.1. The molecule has 0 aliphatic carbocycles. The Labute approximate surface area is 101 Å². The van der Waals surface area contributed by atoms with E-state index in [-0.39, 0.29) is 5.41 Å². The fourth-order valence-electron chi connectivity index (χ4n) is 2.01. The number of ether oxygens (including phenoxy) is 1. The molecule has 96 valence electrons. The second-order valence-electron chi connectivity index (χ2n) is 4.91. The lowest BCUT2D eigenvalue weighted by Crippen LogP contribution is -2.33. The van der Waals surface area contributed by atoms with Crippen LogP contribution in [0.15, 0.2) is 12.7 Å². The summed E-state index contributed by atoms with van der Waals surface area (Å²) in [7, 11) is 1.73. The second-order valence-corrected chi connectivity index (χ2v) is 4.91. The van der Waals surface area contributed by atoms with Gasteiger partial charge in [0.1, 0.15) is 0 Å². The van der Waals surface area contributed by atoms with Crippen LogP contribution in [-0.4, -0.2) is 26.8 Å². The maximum atomic E-state index is 5.03. The Bertz CT molecular complexity index is 178. The van der Waals surface area contributed by atoms with E-state index in [1.165, 1.54) is 19.3 Å². The molecule has 0 aliphatic heterocycles. The summed E-state index contributed by atoms with van der Waals surface area (Å²) in [5.74, 6) is 0.812. The Hall–Kier alpha value is -0.340. The van der Waals surface area contributed by atoms with E-state index in [9.17, 15) is 0 Å². The van der Waals surface area contributed by atoms with Crippen LogP contribution in [0.5, 0.6) is 0 Å². The van der Waals surface area contributed by atoms with E-state index in [0.29, 0.717) is 0 Å². The Morgan fingerprint density at radius 2 is 2.00 bits per heavy atom. The van der Waals surface area contributed by atoms with E-state index < -0.39 is 0 Å². The predicted octanol–water partition coefficient (Wildman–Crippen LogP) is 3.24. The minimum Gasteiger partial charge on any atom is -0.383 e. The summed E-state index contributed by atoms with van der Waals surface area (Å²) in [5.41, 5.74) is 0.213. The molecule has 0 fully saturated rings. The molecule has 0 radical (unpaired) electrons. The van der Waals surface area contributed by atoms with E-state index >= 15 is 0 Å². The van der Waals surface area contributed by atoms with Gasteiger partial charge >= 0.3 is 0 Å². The molecule has 1 atom stereocenters. The topological polar surface area (TPSA) is 21.3 Å². The van der Waals surface area contributed by atoms with Gasteiger partial charge < -0.3 is 10.1 Å². The lowest BCUT2D eigenvalue weighted by Gasteiger charge is -2.30. The van der Waals surface area contributed by atoms with Gasteiger partial charge in [0.05, 0.1) is 6.61 Å². The van der Waals surface area contributed by atoms with Crippen molar-refractivity contribution < 1.29 is 4.74 Å². The van der Waals surface area contributed by atoms with E-state index in [4.69, 9.17) is 4.74 Å². The summed E-state index contributed by atoms with van der Waals surface area (Å²) in [6.45, 7) is 13.5. The monoisotopic (exact) mass is 227 g/mol. The Morgan fingerprint density at radius 1 is 1.38 bits per heavy atom. The van der Waals surface area contributed by atoms with Crippen molar-refractivity contribution in [2.24, 2.45) is 11.3 Å². The van der Waals surface area contributed by atoms with Crippen LogP contribution in [0.2, 0.25) is 0 Å². The summed E-state index contributed by atoms with van der Waals surface area (Å²) in [6, 6.07) is 0. The van der Waals surface area contributed by atoms with Gasteiger partial charge in [-0.1, -0.05) is 39.7 Å². The summed E-state index contributed by atoms with van der Waals surface area (Å²) >= 11 is 0. The molecule has 0 aromatic carbocycles. The van der Waals surface area contributed by atoms with Gasteiger partial charge in [0.2, 0.25) is 0 Å². The first-order valence-electron chi connectivity index (χ1n) is 6.45. The van der Waals surface area contributed by atoms with Crippen LogP contribution in [-0.2, 0) is 4.74 Å². The minimum atomic E-state index is 0.213. The third kappa shape index (κ3) is 6.29. The molecular formula is C14H29NO. The molecule has 0 bridgehead atoms. The molecule has 0 rings (SSSR count). The van der Waals surface area contributed by atoms with Crippen molar-refractivity contribution in [1.82, 2.24) is 5.32 Å². The number of nitrogens with one attached hydrogen (secondary N) is 1. The van der Waals surface area contributed by atoms with Crippen molar-refractivity contribution in [1.29, 1.82) is 0 Å². The molecule has 0 amide bonds. The number of hydrogen-bond donors (Lipinski definition) is 1. The highest BCUT2D eigenvalue weighted by molar-refractivity contribution is 4.94. The van der Waals surface area contributed by atoms with Crippen molar-refractivity contribution in [3.05, 3.63) is 12.7 Å². The minimum absolute atomic E-state index is 0.213. The highest BCUT2D eigenvalue weighted by Gasteiger charge is 2.23. The molecule has 0 spiro atoms. The average Bonchev–Trinajstić information content (AvgIpc) is 2.32. The lowest BCUT2D eigenvalue weighted by molar-refractivity contribution is 0.192. The van der Waals surface area contributed by atoms with Crippen molar-refractivity contribution >= 4 is 0 Å². The lowest BCUT2D eigenvalue weighted by atomic mass is 9.79. The smallest absolute Gasteiger partial charge is 0.0587 e. The van der Waals surface area contributed by atoms with Gasteiger partial charge in [0.15, 0.2) is 0 Å². The Kier molecular flexibility index (Phi) is 8.58. The van der Waals surface area contributed by atoms with Crippen LogP contribution in [0, 0.1) is 11.3 Å². The number of methoxy groups -OCH3 is 1. The summed E-state index contributed by atoms with van der Waals surface area (Å²) in [5, 5.41) is 3.44. The highest BCUT2D eigenvalue weighted by Crippen LogP contribution is 2.29. The molecule has 16 heavy (non-hydrogen) atoms. The first-order chi connectivity index (χ1) is 7.61. The van der Waals surface area contributed by atoms with Gasteiger partial charge in [-0.05, 0) is 17.8 Å². The van der Waals surface area contributed by atoms with E-state index in [1.807, 2.05) is 0 Å². The van der Waals surface area contributed by atoms with E-state index in [1.54, 1.807) is 7.11 Å².